The van der Waals surface area contributed by atoms with Crippen LogP contribution in [0.5, 0.6) is 0 Å². The van der Waals surface area contributed by atoms with Crippen molar-refractivity contribution in [3.05, 3.63) is 35.7 Å². The van der Waals surface area contributed by atoms with E-state index in [0.29, 0.717) is 44.4 Å². The van der Waals surface area contributed by atoms with Crippen molar-refractivity contribution in [2.75, 3.05) is 44.6 Å². The standard InChI is InChI=1S/C19H25N5O2S/c1-2-8-20-17(25)13-23-9-11-24(12-10-23)19(26)22-18-21-16(14-27-18)15-6-4-3-5-7-15/h3-7,14H,2,8-13H2,1H3,(H,20,25)(H,21,22,26). The number of nitrogens with one attached hydrogen (secondary N) is 2. The molecular weight excluding hydrogens is 362 g/mol. The number of hydrogen-bond acceptors (Lipinski definition) is 5. The molecule has 0 spiro atoms. The minimum Gasteiger partial charge on any atom is -0.355 e. The number of rotatable bonds is 6. The summed E-state index contributed by atoms with van der Waals surface area (Å²) in [6, 6.07) is 9.75. The van der Waals surface area contributed by atoms with Crippen molar-refractivity contribution >= 4 is 28.4 Å². The van der Waals surface area contributed by atoms with Crippen LogP contribution in [0.1, 0.15) is 13.3 Å². The lowest BCUT2D eigenvalue weighted by atomic mass is 10.2. The van der Waals surface area contributed by atoms with Gasteiger partial charge in [-0.1, -0.05) is 37.3 Å². The van der Waals surface area contributed by atoms with Crippen molar-refractivity contribution in [2.24, 2.45) is 0 Å². The summed E-state index contributed by atoms with van der Waals surface area (Å²) in [5, 5.41) is 8.30. The van der Waals surface area contributed by atoms with Crippen LogP contribution < -0.4 is 10.6 Å². The molecule has 3 amide bonds. The summed E-state index contributed by atoms with van der Waals surface area (Å²) in [6.07, 6.45) is 0.933. The number of hydrogen-bond donors (Lipinski definition) is 2. The predicted octanol–water partition coefficient (Wildman–Crippen LogP) is 2.49. The highest BCUT2D eigenvalue weighted by Gasteiger charge is 2.23. The summed E-state index contributed by atoms with van der Waals surface area (Å²) in [6.45, 7) is 5.72. The van der Waals surface area contributed by atoms with E-state index in [1.54, 1.807) is 4.90 Å². The molecule has 1 aliphatic heterocycles. The molecule has 27 heavy (non-hydrogen) atoms. The highest BCUT2D eigenvalue weighted by atomic mass is 32.1. The Morgan fingerprint density at radius 1 is 1.15 bits per heavy atom. The average molecular weight is 388 g/mol. The zero-order valence-electron chi connectivity index (χ0n) is 15.5. The minimum absolute atomic E-state index is 0.0472. The Bertz CT molecular complexity index is 756. The van der Waals surface area contributed by atoms with Crippen LogP contribution in [0.25, 0.3) is 11.3 Å². The zero-order chi connectivity index (χ0) is 19.1. The molecular formula is C19H25N5O2S. The van der Waals surface area contributed by atoms with Crippen LogP contribution in [0.4, 0.5) is 9.93 Å². The number of thiazole rings is 1. The normalized spacial score (nSPS) is 14.8. The number of anilines is 1. The first-order valence-electron chi connectivity index (χ1n) is 9.21. The van der Waals surface area contributed by atoms with E-state index >= 15 is 0 Å². The topological polar surface area (TPSA) is 77.6 Å². The van der Waals surface area contributed by atoms with Crippen LogP contribution in [0, 0.1) is 0 Å². The van der Waals surface area contributed by atoms with Crippen LogP contribution in [0.2, 0.25) is 0 Å². The predicted molar refractivity (Wildman–Crippen MR) is 108 cm³/mol. The Labute approximate surface area is 163 Å². The van der Waals surface area contributed by atoms with Gasteiger partial charge in [0.15, 0.2) is 5.13 Å². The fraction of sp³-hybridized carbons (Fsp3) is 0.421. The van der Waals surface area contributed by atoms with Gasteiger partial charge in [-0.05, 0) is 6.42 Å². The van der Waals surface area contributed by atoms with Crippen LogP contribution in [-0.4, -0.2) is 66.0 Å². The zero-order valence-corrected chi connectivity index (χ0v) is 16.3. The fourth-order valence-corrected chi connectivity index (χ4v) is 3.59. The van der Waals surface area contributed by atoms with E-state index in [1.807, 2.05) is 42.6 Å². The summed E-state index contributed by atoms with van der Waals surface area (Å²) in [4.78, 5) is 32.6. The second-order valence-electron chi connectivity index (χ2n) is 6.45. The first-order chi connectivity index (χ1) is 13.2. The van der Waals surface area contributed by atoms with E-state index in [9.17, 15) is 9.59 Å². The van der Waals surface area contributed by atoms with E-state index in [0.717, 1.165) is 17.7 Å². The van der Waals surface area contributed by atoms with Gasteiger partial charge in [-0.3, -0.25) is 15.0 Å². The molecule has 1 fully saturated rings. The summed E-state index contributed by atoms with van der Waals surface area (Å²) in [5.41, 5.74) is 1.89. The summed E-state index contributed by atoms with van der Waals surface area (Å²) < 4.78 is 0. The van der Waals surface area contributed by atoms with Crippen LogP contribution in [0.15, 0.2) is 35.7 Å². The minimum atomic E-state index is -0.140. The molecule has 1 aromatic carbocycles. The van der Waals surface area contributed by atoms with Gasteiger partial charge in [0.1, 0.15) is 0 Å². The van der Waals surface area contributed by atoms with Gasteiger partial charge in [0, 0.05) is 43.7 Å². The molecule has 144 valence electrons. The molecule has 3 rings (SSSR count). The molecule has 0 radical (unpaired) electrons. The molecule has 0 atom stereocenters. The van der Waals surface area contributed by atoms with Crippen LogP contribution >= 0.6 is 11.3 Å². The van der Waals surface area contributed by atoms with Gasteiger partial charge in [-0.25, -0.2) is 9.78 Å². The van der Waals surface area contributed by atoms with E-state index in [4.69, 9.17) is 0 Å². The Kier molecular flexibility index (Phi) is 6.78. The average Bonchev–Trinajstić information content (AvgIpc) is 3.16. The number of nitrogens with zero attached hydrogens (tertiary/aromatic N) is 3. The number of benzene rings is 1. The first-order valence-corrected chi connectivity index (χ1v) is 10.1. The van der Waals surface area contributed by atoms with E-state index in [-0.39, 0.29) is 11.9 Å². The summed E-state index contributed by atoms with van der Waals surface area (Å²) in [5.74, 6) is 0.0472. The lowest BCUT2D eigenvalue weighted by Gasteiger charge is -2.34. The molecule has 1 saturated heterocycles. The number of carbonyl (C=O) groups is 2. The van der Waals surface area contributed by atoms with Crippen LogP contribution in [0.3, 0.4) is 0 Å². The Morgan fingerprint density at radius 3 is 2.59 bits per heavy atom. The van der Waals surface area contributed by atoms with Gasteiger partial charge < -0.3 is 10.2 Å². The highest BCUT2D eigenvalue weighted by Crippen LogP contribution is 2.24. The number of carbonyl (C=O) groups excluding carboxylic acids is 2. The maximum atomic E-state index is 12.5. The molecule has 8 heteroatoms. The monoisotopic (exact) mass is 387 g/mol. The fourth-order valence-electron chi connectivity index (χ4n) is 2.88. The maximum Gasteiger partial charge on any atom is 0.323 e. The van der Waals surface area contributed by atoms with Gasteiger partial charge in [-0.2, -0.15) is 0 Å². The smallest absolute Gasteiger partial charge is 0.323 e. The first kappa shape index (κ1) is 19.3. The van der Waals surface area contributed by atoms with E-state index < -0.39 is 0 Å². The van der Waals surface area contributed by atoms with Gasteiger partial charge in [0.05, 0.1) is 12.2 Å². The van der Waals surface area contributed by atoms with Crippen molar-refractivity contribution in [3.8, 4) is 11.3 Å². The Balaban J connectivity index is 1.46. The van der Waals surface area contributed by atoms with Crippen molar-refractivity contribution in [2.45, 2.75) is 13.3 Å². The lowest BCUT2D eigenvalue weighted by molar-refractivity contribution is -0.122. The molecule has 1 aliphatic rings. The SMILES string of the molecule is CCCNC(=O)CN1CCN(C(=O)Nc2nc(-c3ccccc3)cs2)CC1. The molecule has 7 nitrogen and oxygen atoms in total. The number of aromatic nitrogens is 1. The molecule has 0 unspecified atom stereocenters. The third kappa shape index (κ3) is 5.51. The van der Waals surface area contributed by atoms with Gasteiger partial charge in [0.2, 0.25) is 5.91 Å². The second kappa shape index (κ2) is 9.48. The molecule has 1 aromatic heterocycles. The largest absolute Gasteiger partial charge is 0.355 e. The lowest BCUT2D eigenvalue weighted by Crippen LogP contribution is -2.52. The van der Waals surface area contributed by atoms with Crippen molar-refractivity contribution in [3.63, 3.8) is 0 Å². The molecule has 2 aromatic rings. The van der Waals surface area contributed by atoms with E-state index in [1.165, 1.54) is 11.3 Å². The third-order valence-electron chi connectivity index (χ3n) is 4.39. The van der Waals surface area contributed by atoms with Gasteiger partial charge in [0.25, 0.3) is 0 Å². The quantitative estimate of drug-likeness (QED) is 0.798. The van der Waals surface area contributed by atoms with Crippen molar-refractivity contribution < 1.29 is 9.59 Å². The van der Waals surface area contributed by atoms with E-state index in [2.05, 4.69) is 20.5 Å². The molecule has 0 bridgehead atoms. The highest BCUT2D eigenvalue weighted by molar-refractivity contribution is 7.14. The number of amides is 3. The third-order valence-corrected chi connectivity index (χ3v) is 5.14. The molecule has 0 aliphatic carbocycles. The van der Waals surface area contributed by atoms with Gasteiger partial charge >= 0.3 is 6.03 Å². The Morgan fingerprint density at radius 2 is 1.89 bits per heavy atom. The second-order valence-corrected chi connectivity index (χ2v) is 7.31. The molecule has 2 heterocycles. The number of urea groups is 1. The van der Waals surface area contributed by atoms with Crippen molar-refractivity contribution in [1.82, 2.24) is 20.1 Å². The maximum absolute atomic E-state index is 12.5. The van der Waals surface area contributed by atoms with Gasteiger partial charge in [-0.15, -0.1) is 11.3 Å². The molecule has 0 saturated carbocycles. The Hall–Kier alpha value is -2.45. The van der Waals surface area contributed by atoms with Crippen molar-refractivity contribution in [1.29, 1.82) is 0 Å². The van der Waals surface area contributed by atoms with Crippen LogP contribution in [-0.2, 0) is 4.79 Å². The number of piperazine rings is 1. The summed E-state index contributed by atoms with van der Waals surface area (Å²) >= 11 is 1.42. The summed E-state index contributed by atoms with van der Waals surface area (Å²) in [7, 11) is 0. The molecule has 2 N–H and O–H groups in total.